The molecule has 3 rings (SSSR count). The molecule has 0 saturated heterocycles. The molecule has 1 amide bonds. The second-order valence-corrected chi connectivity index (χ2v) is 5.67. The molecule has 2 aromatic heterocycles. The van der Waals surface area contributed by atoms with Gasteiger partial charge >= 0.3 is 0 Å². The number of rotatable bonds is 4. The van der Waals surface area contributed by atoms with Gasteiger partial charge in [-0.2, -0.15) is 0 Å². The van der Waals surface area contributed by atoms with Crippen molar-refractivity contribution in [2.75, 3.05) is 0 Å². The standard InChI is InChI=1S/C18H13ClN2O4/c19-13-3-1-11(2-4-13)17(12-5-7-20-8-6-12)21-18(24)16-9-14(22)15(23)10-25-16/h1-10,17,23H,(H,21,24)/t17-/m1/s1. The molecule has 0 saturated carbocycles. The van der Waals surface area contributed by atoms with Crippen LogP contribution in [-0.4, -0.2) is 16.0 Å². The molecule has 7 heteroatoms. The average molecular weight is 357 g/mol. The topological polar surface area (TPSA) is 92.4 Å². The number of hydrogen-bond acceptors (Lipinski definition) is 5. The second kappa shape index (κ2) is 7.19. The summed E-state index contributed by atoms with van der Waals surface area (Å²) in [6.45, 7) is 0. The normalized spacial score (nSPS) is 11.7. The van der Waals surface area contributed by atoms with Crippen molar-refractivity contribution in [3.63, 3.8) is 0 Å². The Morgan fingerprint density at radius 1 is 1.12 bits per heavy atom. The number of aromatic nitrogens is 1. The average Bonchev–Trinajstić information content (AvgIpc) is 2.63. The Morgan fingerprint density at radius 2 is 1.76 bits per heavy atom. The van der Waals surface area contributed by atoms with Crippen molar-refractivity contribution in [1.29, 1.82) is 0 Å². The highest BCUT2D eigenvalue weighted by Gasteiger charge is 2.20. The van der Waals surface area contributed by atoms with Gasteiger partial charge in [-0.3, -0.25) is 14.6 Å². The van der Waals surface area contributed by atoms with E-state index in [4.69, 9.17) is 16.0 Å². The monoisotopic (exact) mass is 356 g/mol. The van der Waals surface area contributed by atoms with E-state index >= 15 is 0 Å². The van der Waals surface area contributed by atoms with E-state index in [0.29, 0.717) is 5.02 Å². The number of amides is 1. The minimum absolute atomic E-state index is 0.198. The number of hydrogen-bond donors (Lipinski definition) is 2. The summed E-state index contributed by atoms with van der Waals surface area (Å²) < 4.78 is 5.00. The van der Waals surface area contributed by atoms with Crippen molar-refractivity contribution in [2.45, 2.75) is 6.04 Å². The fourth-order valence-electron chi connectivity index (χ4n) is 2.30. The summed E-state index contributed by atoms with van der Waals surface area (Å²) >= 11 is 5.93. The van der Waals surface area contributed by atoms with Gasteiger partial charge in [0.25, 0.3) is 5.91 Å². The predicted octanol–water partition coefficient (Wildman–Crippen LogP) is 2.91. The van der Waals surface area contributed by atoms with Crippen LogP contribution in [0.5, 0.6) is 5.75 Å². The summed E-state index contributed by atoms with van der Waals surface area (Å²) in [5.74, 6) is -1.34. The van der Waals surface area contributed by atoms with Gasteiger partial charge in [0.15, 0.2) is 11.5 Å². The van der Waals surface area contributed by atoms with Gasteiger partial charge in [0, 0.05) is 23.5 Å². The molecule has 0 bridgehead atoms. The summed E-state index contributed by atoms with van der Waals surface area (Å²) in [4.78, 5) is 27.9. The lowest BCUT2D eigenvalue weighted by atomic mass is 9.99. The molecule has 126 valence electrons. The van der Waals surface area contributed by atoms with Gasteiger partial charge < -0.3 is 14.8 Å². The van der Waals surface area contributed by atoms with Crippen LogP contribution < -0.4 is 10.7 Å². The lowest BCUT2D eigenvalue weighted by Crippen LogP contribution is -2.29. The zero-order chi connectivity index (χ0) is 17.8. The number of pyridine rings is 1. The summed E-state index contributed by atoms with van der Waals surface area (Å²) in [5, 5.41) is 12.6. The van der Waals surface area contributed by atoms with Gasteiger partial charge in [-0.1, -0.05) is 23.7 Å². The number of nitrogens with zero attached hydrogens (tertiary/aromatic N) is 1. The highest BCUT2D eigenvalue weighted by Crippen LogP contribution is 2.23. The molecule has 0 spiro atoms. The summed E-state index contributed by atoms with van der Waals surface area (Å²) in [7, 11) is 0. The van der Waals surface area contributed by atoms with Crippen molar-refractivity contribution in [3.05, 3.63) is 93.3 Å². The van der Waals surface area contributed by atoms with E-state index < -0.39 is 23.1 Å². The van der Waals surface area contributed by atoms with E-state index in [1.165, 1.54) is 0 Å². The third-order valence-electron chi connectivity index (χ3n) is 3.55. The van der Waals surface area contributed by atoms with E-state index in [1.807, 2.05) is 0 Å². The Labute approximate surface area is 147 Å². The van der Waals surface area contributed by atoms with Crippen LogP contribution in [-0.2, 0) is 0 Å². The predicted molar refractivity (Wildman–Crippen MR) is 91.6 cm³/mol. The molecule has 0 radical (unpaired) electrons. The third-order valence-corrected chi connectivity index (χ3v) is 3.81. The van der Waals surface area contributed by atoms with Gasteiger partial charge in [0.2, 0.25) is 5.43 Å². The SMILES string of the molecule is O=C(N[C@@H](c1ccncc1)c1ccc(Cl)cc1)c1cc(=O)c(O)co1. The van der Waals surface area contributed by atoms with Crippen LogP contribution in [0.4, 0.5) is 0 Å². The lowest BCUT2D eigenvalue weighted by Gasteiger charge is -2.19. The molecular weight excluding hydrogens is 344 g/mol. The minimum Gasteiger partial charge on any atom is -0.502 e. The van der Waals surface area contributed by atoms with E-state index in [1.54, 1.807) is 48.8 Å². The lowest BCUT2D eigenvalue weighted by molar-refractivity contribution is 0.0912. The van der Waals surface area contributed by atoms with Gasteiger partial charge in [-0.15, -0.1) is 0 Å². The molecule has 2 N–H and O–H groups in total. The summed E-state index contributed by atoms with van der Waals surface area (Å²) in [5.41, 5.74) is 0.903. The number of aromatic hydroxyl groups is 1. The third kappa shape index (κ3) is 3.87. The van der Waals surface area contributed by atoms with E-state index in [2.05, 4.69) is 10.3 Å². The number of carbonyl (C=O) groups is 1. The molecule has 25 heavy (non-hydrogen) atoms. The maximum Gasteiger partial charge on any atom is 0.287 e. The van der Waals surface area contributed by atoms with E-state index in [-0.39, 0.29) is 5.76 Å². The number of carbonyl (C=O) groups excluding carboxylic acids is 1. The Bertz CT molecular complexity index is 939. The Morgan fingerprint density at radius 3 is 2.40 bits per heavy atom. The van der Waals surface area contributed by atoms with E-state index in [0.717, 1.165) is 23.5 Å². The zero-order valence-electron chi connectivity index (χ0n) is 12.8. The molecule has 6 nitrogen and oxygen atoms in total. The van der Waals surface area contributed by atoms with Crippen molar-refractivity contribution < 1.29 is 14.3 Å². The van der Waals surface area contributed by atoms with E-state index in [9.17, 15) is 14.7 Å². The van der Waals surface area contributed by atoms with Crippen LogP contribution in [0, 0.1) is 0 Å². The van der Waals surface area contributed by atoms with Crippen molar-refractivity contribution in [1.82, 2.24) is 10.3 Å². The van der Waals surface area contributed by atoms with Crippen molar-refractivity contribution in [2.24, 2.45) is 0 Å². The molecule has 0 aliphatic rings. The van der Waals surface area contributed by atoms with Gasteiger partial charge in [0.1, 0.15) is 6.26 Å². The first-order valence-electron chi connectivity index (χ1n) is 7.32. The van der Waals surface area contributed by atoms with Crippen LogP contribution in [0.25, 0.3) is 0 Å². The second-order valence-electron chi connectivity index (χ2n) is 5.23. The molecular formula is C18H13ClN2O4. The zero-order valence-corrected chi connectivity index (χ0v) is 13.6. The number of halogens is 1. The molecule has 0 unspecified atom stereocenters. The van der Waals surface area contributed by atoms with Gasteiger partial charge in [-0.05, 0) is 35.4 Å². The van der Waals surface area contributed by atoms with Crippen LogP contribution >= 0.6 is 11.6 Å². The Hall–Kier alpha value is -3.12. The highest BCUT2D eigenvalue weighted by atomic mass is 35.5. The van der Waals surface area contributed by atoms with Crippen LogP contribution in [0.15, 0.2) is 70.3 Å². The quantitative estimate of drug-likeness (QED) is 0.749. The number of benzene rings is 1. The fourth-order valence-corrected chi connectivity index (χ4v) is 2.42. The molecule has 1 atom stereocenters. The molecule has 3 aromatic rings. The fraction of sp³-hybridized carbons (Fsp3) is 0.0556. The Kier molecular flexibility index (Phi) is 4.81. The summed E-state index contributed by atoms with van der Waals surface area (Å²) in [6, 6.07) is 11.0. The maximum atomic E-state index is 12.5. The largest absolute Gasteiger partial charge is 0.502 e. The molecule has 0 fully saturated rings. The first-order chi connectivity index (χ1) is 12.0. The van der Waals surface area contributed by atoms with Crippen LogP contribution in [0.1, 0.15) is 27.7 Å². The molecule has 2 heterocycles. The molecule has 1 aromatic carbocycles. The Balaban J connectivity index is 1.94. The van der Waals surface area contributed by atoms with Crippen LogP contribution in [0.2, 0.25) is 5.02 Å². The first-order valence-corrected chi connectivity index (χ1v) is 7.70. The van der Waals surface area contributed by atoms with Crippen molar-refractivity contribution in [3.8, 4) is 5.75 Å². The molecule has 0 aliphatic heterocycles. The van der Waals surface area contributed by atoms with Gasteiger partial charge in [-0.25, -0.2) is 0 Å². The van der Waals surface area contributed by atoms with Crippen LogP contribution in [0.3, 0.4) is 0 Å². The molecule has 0 aliphatic carbocycles. The van der Waals surface area contributed by atoms with Crippen molar-refractivity contribution >= 4 is 17.5 Å². The number of nitrogens with one attached hydrogen (secondary N) is 1. The summed E-state index contributed by atoms with van der Waals surface area (Å²) in [6.07, 6.45) is 4.07. The minimum atomic E-state index is -0.691. The maximum absolute atomic E-state index is 12.5. The van der Waals surface area contributed by atoms with Gasteiger partial charge in [0.05, 0.1) is 6.04 Å². The smallest absolute Gasteiger partial charge is 0.287 e. The highest BCUT2D eigenvalue weighted by molar-refractivity contribution is 6.30. The first kappa shape index (κ1) is 16.7.